The summed E-state index contributed by atoms with van der Waals surface area (Å²) in [6, 6.07) is 14.4. The van der Waals surface area contributed by atoms with E-state index in [-0.39, 0.29) is 5.92 Å². The molecule has 0 fully saturated rings. The lowest BCUT2D eigenvalue weighted by molar-refractivity contribution is -0.140. The van der Waals surface area contributed by atoms with Crippen molar-refractivity contribution in [2.45, 2.75) is 19.4 Å². The normalized spacial score (nSPS) is 13.6. The Morgan fingerprint density at radius 2 is 2.00 bits per heavy atom. The van der Waals surface area contributed by atoms with Gasteiger partial charge in [0.1, 0.15) is 5.69 Å². The Bertz CT molecular complexity index is 1110. The van der Waals surface area contributed by atoms with Crippen molar-refractivity contribution in [3.8, 4) is 11.5 Å². The molecule has 0 aliphatic carbocycles. The van der Waals surface area contributed by atoms with Crippen molar-refractivity contribution < 1.29 is 9.90 Å². The average molecular weight is 392 g/mol. The number of H-pyrrole nitrogens is 1. The van der Waals surface area contributed by atoms with Gasteiger partial charge in [0.2, 0.25) is 0 Å². The quantitative estimate of drug-likeness (QED) is 0.475. The summed E-state index contributed by atoms with van der Waals surface area (Å²) in [5, 5.41) is 16.0. The first-order valence-corrected chi connectivity index (χ1v) is 9.90. The van der Waals surface area contributed by atoms with Crippen LogP contribution >= 0.6 is 11.3 Å². The summed E-state index contributed by atoms with van der Waals surface area (Å²) in [6.45, 7) is 3.65. The maximum atomic E-state index is 13.0. The fourth-order valence-electron chi connectivity index (χ4n) is 3.18. The molecule has 0 bridgehead atoms. The van der Waals surface area contributed by atoms with Crippen LogP contribution in [0, 0.1) is 5.92 Å². The summed E-state index contributed by atoms with van der Waals surface area (Å²) in [4.78, 5) is 25.0. The summed E-state index contributed by atoms with van der Waals surface area (Å²) in [5.41, 5.74) is 3.62. The van der Waals surface area contributed by atoms with Crippen molar-refractivity contribution in [2.24, 2.45) is 5.92 Å². The number of amides is 1. The third-order valence-electron chi connectivity index (χ3n) is 4.81. The fraction of sp³-hybridized carbons (Fsp3) is 0.190. The zero-order valence-corrected chi connectivity index (χ0v) is 16.3. The molecule has 2 heterocycles. The lowest BCUT2D eigenvalue weighted by Crippen LogP contribution is -2.44. The van der Waals surface area contributed by atoms with Gasteiger partial charge in [-0.3, -0.25) is 4.79 Å². The molecule has 0 aliphatic heterocycles. The Hall–Kier alpha value is -3.03. The largest absolute Gasteiger partial charge is 0.375 e. The predicted octanol–water partition coefficient (Wildman–Crippen LogP) is 4.17. The number of fused-ring (bicyclic) bond motifs is 1. The summed E-state index contributed by atoms with van der Waals surface area (Å²) < 4.78 is 0. The lowest BCUT2D eigenvalue weighted by Gasteiger charge is -2.31. The minimum Gasteiger partial charge on any atom is -0.375 e. The molecule has 0 unspecified atom stereocenters. The Kier molecular flexibility index (Phi) is 4.70. The summed E-state index contributed by atoms with van der Waals surface area (Å²) in [7, 11) is 0. The number of nitrogens with zero attached hydrogens (tertiary/aromatic N) is 2. The number of nitrogens with one attached hydrogen (secondary N) is 2. The number of thiazole rings is 1. The minimum atomic E-state index is -1.63. The van der Waals surface area contributed by atoms with Crippen LogP contribution in [0.5, 0.6) is 0 Å². The number of aromatic amines is 1. The highest BCUT2D eigenvalue weighted by atomic mass is 32.1. The average Bonchev–Trinajstić information content (AvgIpc) is 3.36. The van der Waals surface area contributed by atoms with Gasteiger partial charge >= 0.3 is 0 Å². The number of aromatic nitrogens is 3. The molecule has 0 aliphatic rings. The Labute approximate surface area is 166 Å². The Balaban J connectivity index is 1.64. The zero-order valence-electron chi connectivity index (χ0n) is 15.5. The van der Waals surface area contributed by atoms with Crippen LogP contribution in [0.3, 0.4) is 0 Å². The highest BCUT2D eigenvalue weighted by Crippen LogP contribution is 2.31. The molecule has 4 rings (SSSR count). The Morgan fingerprint density at radius 1 is 1.21 bits per heavy atom. The lowest BCUT2D eigenvalue weighted by atomic mass is 9.82. The van der Waals surface area contributed by atoms with Crippen molar-refractivity contribution in [2.75, 3.05) is 5.32 Å². The number of carbonyl (C=O) groups is 1. The molecule has 2 aromatic heterocycles. The first kappa shape index (κ1) is 18.3. The third-order valence-corrected chi connectivity index (χ3v) is 5.40. The molecule has 4 aromatic rings. The van der Waals surface area contributed by atoms with Crippen molar-refractivity contribution in [1.82, 2.24) is 15.0 Å². The van der Waals surface area contributed by atoms with Gasteiger partial charge in [-0.15, -0.1) is 11.3 Å². The number of rotatable bonds is 5. The van der Waals surface area contributed by atoms with Crippen LogP contribution in [0.25, 0.3) is 22.6 Å². The molecule has 7 heteroatoms. The topological polar surface area (TPSA) is 90.9 Å². The van der Waals surface area contributed by atoms with Gasteiger partial charge < -0.3 is 15.4 Å². The summed E-state index contributed by atoms with van der Waals surface area (Å²) in [6.07, 6.45) is 0. The minimum absolute atomic E-state index is 0.304. The predicted molar refractivity (Wildman–Crippen MR) is 111 cm³/mol. The van der Waals surface area contributed by atoms with Gasteiger partial charge in [0.05, 0.1) is 16.5 Å². The second-order valence-electron chi connectivity index (χ2n) is 6.93. The van der Waals surface area contributed by atoms with Gasteiger partial charge in [0.25, 0.3) is 5.91 Å². The monoisotopic (exact) mass is 392 g/mol. The van der Waals surface area contributed by atoms with E-state index in [4.69, 9.17) is 0 Å². The molecule has 1 atom stereocenters. The number of benzene rings is 2. The number of anilines is 1. The molecule has 142 valence electrons. The van der Waals surface area contributed by atoms with E-state index in [1.807, 2.05) is 49.6 Å². The molecule has 3 N–H and O–H groups in total. The van der Waals surface area contributed by atoms with Crippen molar-refractivity contribution >= 4 is 34.0 Å². The highest BCUT2D eigenvalue weighted by molar-refractivity contribution is 7.07. The van der Waals surface area contributed by atoms with Crippen LogP contribution in [0.15, 0.2) is 59.4 Å². The highest BCUT2D eigenvalue weighted by Gasteiger charge is 2.41. The van der Waals surface area contributed by atoms with E-state index < -0.39 is 11.5 Å². The molecule has 6 nitrogen and oxygen atoms in total. The third kappa shape index (κ3) is 3.19. The zero-order chi connectivity index (χ0) is 19.7. The summed E-state index contributed by atoms with van der Waals surface area (Å²) >= 11 is 1.50. The van der Waals surface area contributed by atoms with Crippen LogP contribution in [-0.2, 0) is 10.4 Å². The number of carbonyl (C=O) groups excluding carboxylic acids is 1. The first-order valence-electron chi connectivity index (χ1n) is 8.96. The van der Waals surface area contributed by atoms with Gasteiger partial charge in [-0.2, -0.15) is 0 Å². The van der Waals surface area contributed by atoms with E-state index in [2.05, 4.69) is 20.3 Å². The number of hydrogen-bond acceptors (Lipinski definition) is 5. The maximum Gasteiger partial charge on any atom is 0.261 e. The molecule has 2 aromatic carbocycles. The SMILES string of the molecule is CC(C)[C@](O)(C(=O)Nc1ccc2nc(-c3cscn3)[nH]c2c1)c1ccccc1. The van der Waals surface area contributed by atoms with E-state index in [0.717, 1.165) is 16.7 Å². The molecule has 0 saturated heterocycles. The van der Waals surface area contributed by atoms with E-state index in [0.29, 0.717) is 17.1 Å². The van der Waals surface area contributed by atoms with Crippen LogP contribution in [-0.4, -0.2) is 26.0 Å². The van der Waals surface area contributed by atoms with Crippen molar-refractivity contribution in [3.63, 3.8) is 0 Å². The van der Waals surface area contributed by atoms with E-state index in [1.54, 1.807) is 23.7 Å². The molecule has 0 radical (unpaired) electrons. The molecule has 0 spiro atoms. The fourth-order valence-corrected chi connectivity index (χ4v) is 3.72. The van der Waals surface area contributed by atoms with Crippen LogP contribution in [0.1, 0.15) is 19.4 Å². The number of imidazole rings is 1. The standard InChI is InChI=1S/C21H20N4O2S/c1-13(2)21(27,14-6-4-3-5-7-14)20(26)23-15-8-9-16-17(10-15)25-19(24-16)18-11-28-12-22-18/h3-13,27H,1-2H3,(H,23,26)(H,24,25)/t21-/m1/s1. The molecule has 0 saturated carbocycles. The molecule has 28 heavy (non-hydrogen) atoms. The van der Waals surface area contributed by atoms with Crippen LogP contribution < -0.4 is 5.32 Å². The molecular formula is C21H20N4O2S. The van der Waals surface area contributed by atoms with Crippen molar-refractivity contribution in [3.05, 3.63) is 65.0 Å². The van der Waals surface area contributed by atoms with Gasteiger partial charge in [-0.25, -0.2) is 9.97 Å². The smallest absolute Gasteiger partial charge is 0.261 e. The number of hydrogen-bond donors (Lipinski definition) is 3. The van der Waals surface area contributed by atoms with Gasteiger partial charge in [-0.1, -0.05) is 44.2 Å². The summed E-state index contributed by atoms with van der Waals surface area (Å²) in [5.74, 6) is -0.0861. The van der Waals surface area contributed by atoms with Gasteiger partial charge in [-0.05, 0) is 29.7 Å². The first-order chi connectivity index (χ1) is 13.5. The van der Waals surface area contributed by atoms with E-state index in [9.17, 15) is 9.90 Å². The second kappa shape index (κ2) is 7.18. The van der Waals surface area contributed by atoms with Crippen LogP contribution in [0.2, 0.25) is 0 Å². The Morgan fingerprint density at radius 3 is 2.68 bits per heavy atom. The van der Waals surface area contributed by atoms with E-state index in [1.165, 1.54) is 11.3 Å². The second-order valence-corrected chi connectivity index (χ2v) is 7.65. The van der Waals surface area contributed by atoms with Crippen LogP contribution in [0.4, 0.5) is 5.69 Å². The van der Waals surface area contributed by atoms with E-state index >= 15 is 0 Å². The van der Waals surface area contributed by atoms with Gasteiger partial charge in [0, 0.05) is 11.1 Å². The van der Waals surface area contributed by atoms with Gasteiger partial charge in [0.15, 0.2) is 11.4 Å². The van der Waals surface area contributed by atoms with Crippen molar-refractivity contribution in [1.29, 1.82) is 0 Å². The maximum absolute atomic E-state index is 13.0. The molecule has 1 amide bonds. The number of aliphatic hydroxyl groups is 1. The molecular weight excluding hydrogens is 372 g/mol.